The molecule has 1 aliphatic rings. The van der Waals surface area contributed by atoms with Gasteiger partial charge in [-0.3, -0.25) is 4.79 Å². The van der Waals surface area contributed by atoms with Crippen LogP contribution in [-0.4, -0.2) is 22.5 Å². The maximum absolute atomic E-state index is 12.3. The Hall–Kier alpha value is -2.31. The smallest absolute Gasteiger partial charge is 0.261 e. The van der Waals surface area contributed by atoms with Crippen LogP contribution < -0.4 is 5.32 Å². The molecule has 25 heavy (non-hydrogen) atoms. The highest BCUT2D eigenvalue weighted by Gasteiger charge is 2.18. The van der Waals surface area contributed by atoms with E-state index in [9.17, 15) is 4.79 Å². The second-order valence-corrected chi connectivity index (χ2v) is 7.22. The van der Waals surface area contributed by atoms with Crippen molar-refractivity contribution >= 4 is 27.3 Å². The number of benzene rings is 1. The number of carbonyl (C=O) groups excluding carboxylic acids is 1. The maximum Gasteiger partial charge on any atom is 0.261 e. The monoisotopic (exact) mass is 353 g/mol. The zero-order chi connectivity index (χ0) is 17.1. The van der Waals surface area contributed by atoms with E-state index < -0.39 is 0 Å². The van der Waals surface area contributed by atoms with Crippen molar-refractivity contribution in [1.82, 2.24) is 15.3 Å². The number of rotatable bonds is 4. The lowest BCUT2D eigenvalue weighted by Crippen LogP contribution is -2.22. The van der Waals surface area contributed by atoms with Gasteiger partial charge in [-0.25, -0.2) is 9.97 Å². The Morgan fingerprint density at radius 1 is 1.24 bits per heavy atom. The highest BCUT2D eigenvalue weighted by atomic mass is 32.1. The van der Waals surface area contributed by atoms with Gasteiger partial charge in [-0.15, -0.1) is 11.3 Å². The van der Waals surface area contributed by atoms with E-state index in [1.807, 2.05) is 30.3 Å². The number of hydrogen-bond donors (Lipinski definition) is 1. The molecule has 1 fully saturated rings. The molecule has 3 heterocycles. The Morgan fingerprint density at radius 2 is 2.08 bits per heavy atom. The van der Waals surface area contributed by atoms with Crippen molar-refractivity contribution in [1.29, 1.82) is 0 Å². The molecule has 4 rings (SSSR count). The predicted octanol–water partition coefficient (Wildman–Crippen LogP) is 3.86. The molecule has 2 aromatic heterocycles. The molecule has 6 heteroatoms. The molecule has 1 N–H and O–H groups in total. The molecular weight excluding hydrogens is 334 g/mol. The minimum atomic E-state index is -0.0686. The highest BCUT2D eigenvalue weighted by molar-refractivity contribution is 7.20. The summed E-state index contributed by atoms with van der Waals surface area (Å²) < 4.78 is 6.81. The molecule has 0 spiro atoms. The van der Waals surface area contributed by atoms with Gasteiger partial charge >= 0.3 is 0 Å². The van der Waals surface area contributed by atoms with Crippen LogP contribution in [0, 0.1) is 0 Å². The minimum absolute atomic E-state index is 0.0101. The van der Waals surface area contributed by atoms with Crippen LogP contribution in [0.1, 0.15) is 46.4 Å². The van der Waals surface area contributed by atoms with E-state index in [2.05, 4.69) is 15.3 Å². The van der Waals surface area contributed by atoms with Crippen LogP contribution in [0.4, 0.5) is 0 Å². The third-order valence-corrected chi connectivity index (χ3v) is 5.41. The molecule has 5 nitrogen and oxygen atoms in total. The summed E-state index contributed by atoms with van der Waals surface area (Å²) in [5.74, 6) is 0.667. The fourth-order valence-corrected chi connectivity index (χ4v) is 3.91. The first-order valence-corrected chi connectivity index (χ1v) is 9.30. The second-order valence-electron chi connectivity index (χ2n) is 6.14. The SMILES string of the molecule is O=C(NCc1cnc([C@H]2CCCCO2)nc1)c1cc2ccccc2s1. The normalized spacial score (nSPS) is 17.5. The Balaban J connectivity index is 1.38. The van der Waals surface area contributed by atoms with Gasteiger partial charge in [0.1, 0.15) is 6.10 Å². The largest absolute Gasteiger partial charge is 0.370 e. The van der Waals surface area contributed by atoms with Crippen LogP contribution in [0.15, 0.2) is 42.7 Å². The van der Waals surface area contributed by atoms with Crippen molar-refractivity contribution in [2.24, 2.45) is 0 Å². The van der Waals surface area contributed by atoms with Crippen LogP contribution in [0.2, 0.25) is 0 Å². The summed E-state index contributed by atoms with van der Waals surface area (Å²) in [5, 5.41) is 4.03. The number of nitrogens with one attached hydrogen (secondary N) is 1. The van der Waals surface area contributed by atoms with Crippen molar-refractivity contribution < 1.29 is 9.53 Å². The third-order valence-electron chi connectivity index (χ3n) is 4.30. The summed E-state index contributed by atoms with van der Waals surface area (Å²) in [5.41, 5.74) is 0.883. The number of aromatic nitrogens is 2. The number of fused-ring (bicyclic) bond motifs is 1. The summed E-state index contributed by atoms with van der Waals surface area (Å²) in [6, 6.07) is 9.93. The van der Waals surface area contributed by atoms with Crippen molar-refractivity contribution in [2.45, 2.75) is 31.9 Å². The Bertz CT molecular complexity index is 837. The topological polar surface area (TPSA) is 64.1 Å². The summed E-state index contributed by atoms with van der Waals surface area (Å²) in [4.78, 5) is 21.9. The molecule has 3 aromatic rings. The zero-order valence-electron chi connectivity index (χ0n) is 13.8. The van der Waals surface area contributed by atoms with E-state index in [1.165, 1.54) is 11.3 Å². The van der Waals surface area contributed by atoms with E-state index >= 15 is 0 Å². The van der Waals surface area contributed by atoms with E-state index in [0.29, 0.717) is 11.4 Å². The van der Waals surface area contributed by atoms with Gasteiger partial charge in [-0.05, 0) is 36.8 Å². The average molecular weight is 353 g/mol. The van der Waals surface area contributed by atoms with Crippen molar-refractivity contribution in [3.63, 3.8) is 0 Å². The molecule has 1 saturated heterocycles. The number of carbonyl (C=O) groups is 1. The van der Waals surface area contributed by atoms with Crippen LogP contribution >= 0.6 is 11.3 Å². The minimum Gasteiger partial charge on any atom is -0.370 e. The van der Waals surface area contributed by atoms with Crippen LogP contribution in [0.25, 0.3) is 10.1 Å². The standard InChI is InChI=1S/C19H19N3O2S/c23-19(17-9-14-5-1-2-7-16(14)25-17)22-12-13-10-20-18(21-11-13)15-6-3-4-8-24-15/h1-2,5,7,9-11,15H,3-4,6,8,12H2,(H,22,23)/t15-/m1/s1. The van der Waals surface area contributed by atoms with E-state index in [0.717, 1.165) is 47.3 Å². The number of ether oxygens (including phenoxy) is 1. The third kappa shape index (κ3) is 3.70. The van der Waals surface area contributed by atoms with Gasteiger partial charge in [0.15, 0.2) is 5.82 Å². The summed E-state index contributed by atoms with van der Waals surface area (Å²) in [6.07, 6.45) is 6.79. The molecule has 1 aliphatic heterocycles. The van der Waals surface area contributed by atoms with Gasteiger partial charge in [0.2, 0.25) is 0 Å². The molecular formula is C19H19N3O2S. The average Bonchev–Trinajstić information content (AvgIpc) is 3.11. The predicted molar refractivity (Wildman–Crippen MR) is 97.6 cm³/mol. The number of amides is 1. The molecule has 0 saturated carbocycles. The second kappa shape index (κ2) is 7.29. The maximum atomic E-state index is 12.3. The van der Waals surface area contributed by atoms with Crippen molar-refractivity contribution in [3.8, 4) is 0 Å². The first-order chi connectivity index (χ1) is 12.3. The van der Waals surface area contributed by atoms with Gasteiger partial charge in [0.25, 0.3) is 5.91 Å². The Morgan fingerprint density at radius 3 is 2.84 bits per heavy atom. The molecule has 1 amide bonds. The lowest BCUT2D eigenvalue weighted by molar-refractivity contribution is 0.00940. The Labute approximate surface area is 150 Å². The van der Waals surface area contributed by atoms with Crippen molar-refractivity contribution in [3.05, 3.63) is 59.0 Å². The molecule has 128 valence electrons. The molecule has 0 bridgehead atoms. The lowest BCUT2D eigenvalue weighted by Gasteiger charge is -2.21. The number of thiophene rings is 1. The van der Waals surface area contributed by atoms with Crippen LogP contribution in [0.3, 0.4) is 0 Å². The number of nitrogens with zero attached hydrogens (tertiary/aromatic N) is 2. The van der Waals surface area contributed by atoms with Gasteiger partial charge < -0.3 is 10.1 Å². The molecule has 1 aromatic carbocycles. The fourth-order valence-electron chi connectivity index (χ4n) is 2.93. The van der Waals surface area contributed by atoms with Gasteiger partial charge in [-0.2, -0.15) is 0 Å². The molecule has 0 radical (unpaired) electrons. The zero-order valence-corrected chi connectivity index (χ0v) is 14.6. The van der Waals surface area contributed by atoms with E-state index in [4.69, 9.17) is 4.74 Å². The van der Waals surface area contributed by atoms with Crippen LogP contribution in [-0.2, 0) is 11.3 Å². The van der Waals surface area contributed by atoms with Gasteiger partial charge in [0, 0.05) is 35.8 Å². The summed E-state index contributed by atoms with van der Waals surface area (Å²) >= 11 is 1.50. The van der Waals surface area contributed by atoms with Gasteiger partial charge in [0.05, 0.1) is 4.88 Å². The quantitative estimate of drug-likeness (QED) is 0.773. The fraction of sp³-hybridized carbons (Fsp3) is 0.316. The molecule has 0 unspecified atom stereocenters. The number of hydrogen-bond acceptors (Lipinski definition) is 5. The molecule has 1 atom stereocenters. The Kier molecular flexibility index (Phi) is 4.72. The summed E-state index contributed by atoms with van der Waals surface area (Å²) in [7, 11) is 0. The summed E-state index contributed by atoms with van der Waals surface area (Å²) in [6.45, 7) is 1.19. The van der Waals surface area contributed by atoms with Crippen molar-refractivity contribution in [2.75, 3.05) is 6.61 Å². The lowest BCUT2D eigenvalue weighted by atomic mass is 10.1. The first-order valence-electron chi connectivity index (χ1n) is 8.49. The van der Waals surface area contributed by atoms with E-state index in [1.54, 1.807) is 12.4 Å². The molecule has 0 aliphatic carbocycles. The first kappa shape index (κ1) is 16.2. The highest BCUT2D eigenvalue weighted by Crippen LogP contribution is 2.26. The van der Waals surface area contributed by atoms with Gasteiger partial charge in [-0.1, -0.05) is 18.2 Å². The van der Waals surface area contributed by atoms with Crippen LogP contribution in [0.5, 0.6) is 0 Å². The van der Waals surface area contributed by atoms with E-state index in [-0.39, 0.29) is 12.0 Å².